The summed E-state index contributed by atoms with van der Waals surface area (Å²) in [6.07, 6.45) is 1.14. The number of anilines is 1. The summed E-state index contributed by atoms with van der Waals surface area (Å²) in [5, 5.41) is 0. The number of carbonyl (C=O) groups is 1. The number of hydrogen-bond acceptors (Lipinski definition) is 6. The van der Waals surface area contributed by atoms with Crippen molar-refractivity contribution in [2.45, 2.75) is 17.7 Å². The van der Waals surface area contributed by atoms with Crippen molar-refractivity contribution in [1.29, 1.82) is 0 Å². The van der Waals surface area contributed by atoms with Gasteiger partial charge in [-0.2, -0.15) is 0 Å². The van der Waals surface area contributed by atoms with E-state index in [1.807, 2.05) is 0 Å². The van der Waals surface area contributed by atoms with Crippen molar-refractivity contribution in [2.75, 3.05) is 37.9 Å². The third-order valence-corrected chi connectivity index (χ3v) is 6.64. The number of ether oxygens (including phenoxy) is 1. The van der Waals surface area contributed by atoms with Gasteiger partial charge in [0.15, 0.2) is 0 Å². The van der Waals surface area contributed by atoms with E-state index >= 15 is 0 Å². The predicted octanol–water partition coefficient (Wildman–Crippen LogP) is -0.350. The third-order valence-electron chi connectivity index (χ3n) is 3.80. The third kappa shape index (κ3) is 4.69. The molecule has 0 spiro atoms. The monoisotopic (exact) mass is 391 g/mol. The lowest BCUT2D eigenvalue weighted by atomic mass is 10.3. The van der Waals surface area contributed by atoms with Crippen molar-refractivity contribution in [2.24, 2.45) is 0 Å². The van der Waals surface area contributed by atoms with E-state index in [0.717, 1.165) is 0 Å². The van der Waals surface area contributed by atoms with E-state index in [1.165, 1.54) is 31.2 Å². The highest BCUT2D eigenvalue weighted by molar-refractivity contribution is 7.90. The molecule has 1 heterocycles. The smallest absolute Gasteiger partial charge is 0.244 e. The molecule has 25 heavy (non-hydrogen) atoms. The molecule has 1 aromatic carbocycles. The van der Waals surface area contributed by atoms with Gasteiger partial charge >= 0.3 is 0 Å². The van der Waals surface area contributed by atoms with Gasteiger partial charge in [-0.25, -0.2) is 26.3 Å². The zero-order valence-electron chi connectivity index (χ0n) is 14.0. The van der Waals surface area contributed by atoms with Crippen LogP contribution in [-0.2, 0) is 24.8 Å². The quantitative estimate of drug-likeness (QED) is 0.625. The van der Waals surface area contributed by atoms with Gasteiger partial charge in [0.2, 0.25) is 26.0 Å². The molecule has 0 radical (unpaired) electrons. The molecule has 9 nitrogen and oxygen atoms in total. The Labute approximate surface area is 147 Å². The second-order valence-electron chi connectivity index (χ2n) is 5.40. The zero-order chi connectivity index (χ0) is 18.7. The van der Waals surface area contributed by atoms with Gasteiger partial charge in [0.05, 0.1) is 12.9 Å². The topological polar surface area (TPSA) is 122 Å². The van der Waals surface area contributed by atoms with Crippen LogP contribution in [-0.4, -0.2) is 55.7 Å². The molecule has 11 heteroatoms. The molecule has 1 aliphatic rings. The summed E-state index contributed by atoms with van der Waals surface area (Å²) >= 11 is 0. The van der Waals surface area contributed by atoms with E-state index < -0.39 is 25.8 Å². The van der Waals surface area contributed by atoms with Gasteiger partial charge in [0.25, 0.3) is 0 Å². The highest BCUT2D eigenvalue weighted by atomic mass is 32.2. The van der Waals surface area contributed by atoms with E-state index in [-0.39, 0.29) is 23.1 Å². The predicted molar refractivity (Wildman–Crippen MR) is 92.6 cm³/mol. The molecule has 1 aliphatic heterocycles. The number of carbonyl (C=O) groups excluding carboxylic acids is 1. The maximum Gasteiger partial charge on any atom is 0.244 e. The summed E-state index contributed by atoms with van der Waals surface area (Å²) in [5.41, 5.74) is 0.464. The van der Waals surface area contributed by atoms with Crippen LogP contribution in [0.25, 0.3) is 0 Å². The first-order chi connectivity index (χ1) is 11.7. The largest absolute Gasteiger partial charge is 0.495 e. The van der Waals surface area contributed by atoms with Crippen molar-refractivity contribution >= 4 is 31.6 Å². The Kier molecular flexibility index (Phi) is 6.03. The maximum absolute atomic E-state index is 12.5. The van der Waals surface area contributed by atoms with Gasteiger partial charge < -0.3 is 9.64 Å². The molecule has 1 saturated heterocycles. The van der Waals surface area contributed by atoms with Crippen LogP contribution in [0.5, 0.6) is 5.75 Å². The van der Waals surface area contributed by atoms with Crippen LogP contribution in [0.2, 0.25) is 0 Å². The van der Waals surface area contributed by atoms with Gasteiger partial charge in [-0.1, -0.05) is 0 Å². The van der Waals surface area contributed by atoms with Crippen molar-refractivity contribution in [1.82, 2.24) is 9.44 Å². The van der Waals surface area contributed by atoms with Crippen molar-refractivity contribution in [3.63, 3.8) is 0 Å². The van der Waals surface area contributed by atoms with Crippen LogP contribution < -0.4 is 19.1 Å². The summed E-state index contributed by atoms with van der Waals surface area (Å²) in [7, 11) is -4.95. The fourth-order valence-electron chi connectivity index (χ4n) is 2.45. The number of hydrogen-bond donors (Lipinski definition) is 2. The average Bonchev–Trinajstić information content (AvgIpc) is 3.00. The standard InChI is InChI=1S/C14H21N3O6S2/c1-15-24(19,20)9-7-16-25(21,22)13-10-11(5-6-12(13)23-2)17-8-3-4-14(17)18/h5-6,10,15-16H,3-4,7-9H2,1-2H3. The number of amides is 1. The molecular weight excluding hydrogens is 370 g/mol. The van der Waals surface area contributed by atoms with E-state index in [1.54, 1.807) is 6.07 Å². The van der Waals surface area contributed by atoms with E-state index in [0.29, 0.717) is 25.1 Å². The molecule has 2 rings (SSSR count). The lowest BCUT2D eigenvalue weighted by Crippen LogP contribution is -2.33. The fourth-order valence-corrected chi connectivity index (χ4v) is 4.38. The van der Waals surface area contributed by atoms with Crippen molar-refractivity contribution in [3.05, 3.63) is 18.2 Å². The normalized spacial score (nSPS) is 15.6. The number of nitrogens with zero attached hydrogens (tertiary/aromatic N) is 1. The van der Waals surface area contributed by atoms with Gasteiger partial charge in [-0.05, 0) is 31.7 Å². The molecule has 1 aromatic rings. The molecule has 0 saturated carbocycles. The minimum Gasteiger partial charge on any atom is -0.495 e. The Hall–Kier alpha value is -1.69. The molecule has 0 aromatic heterocycles. The van der Waals surface area contributed by atoms with E-state index in [4.69, 9.17) is 4.74 Å². The number of methoxy groups -OCH3 is 1. The molecule has 2 N–H and O–H groups in total. The average molecular weight is 391 g/mol. The zero-order valence-corrected chi connectivity index (χ0v) is 15.6. The van der Waals surface area contributed by atoms with Crippen LogP contribution in [0.3, 0.4) is 0 Å². The Bertz CT molecular complexity index is 851. The minimum absolute atomic E-state index is 0.0680. The Balaban J connectivity index is 2.27. The van der Waals surface area contributed by atoms with Crippen LogP contribution in [0.4, 0.5) is 5.69 Å². The SMILES string of the molecule is CNS(=O)(=O)CCNS(=O)(=O)c1cc(N2CCCC2=O)ccc1OC. The van der Waals surface area contributed by atoms with Crippen molar-refractivity contribution in [3.8, 4) is 5.75 Å². The summed E-state index contributed by atoms with van der Waals surface area (Å²) < 4.78 is 57.3. The fraction of sp³-hybridized carbons (Fsp3) is 0.500. The van der Waals surface area contributed by atoms with Crippen LogP contribution in [0.1, 0.15) is 12.8 Å². The molecule has 0 unspecified atom stereocenters. The highest BCUT2D eigenvalue weighted by Crippen LogP contribution is 2.30. The summed E-state index contributed by atoms with van der Waals surface area (Å²) in [6, 6.07) is 4.45. The summed E-state index contributed by atoms with van der Waals surface area (Å²) in [6.45, 7) is 0.236. The Morgan fingerprint density at radius 2 is 1.96 bits per heavy atom. The highest BCUT2D eigenvalue weighted by Gasteiger charge is 2.26. The summed E-state index contributed by atoms with van der Waals surface area (Å²) in [5.74, 6) is -0.351. The first kappa shape index (κ1) is 19.6. The second kappa shape index (κ2) is 7.68. The minimum atomic E-state index is -4.01. The molecular formula is C14H21N3O6S2. The lowest BCUT2D eigenvalue weighted by molar-refractivity contribution is -0.117. The van der Waals surface area contributed by atoms with Crippen LogP contribution in [0, 0.1) is 0 Å². The Morgan fingerprint density at radius 3 is 2.52 bits per heavy atom. The Morgan fingerprint density at radius 1 is 1.24 bits per heavy atom. The number of sulfonamides is 2. The van der Waals surface area contributed by atoms with E-state index in [9.17, 15) is 21.6 Å². The lowest BCUT2D eigenvalue weighted by Gasteiger charge is -2.18. The molecule has 1 amide bonds. The molecule has 0 aliphatic carbocycles. The molecule has 1 fully saturated rings. The van der Waals surface area contributed by atoms with E-state index in [2.05, 4.69) is 9.44 Å². The first-order valence-electron chi connectivity index (χ1n) is 7.59. The van der Waals surface area contributed by atoms with Gasteiger partial charge in [-0.3, -0.25) is 4.79 Å². The maximum atomic E-state index is 12.5. The summed E-state index contributed by atoms with van der Waals surface area (Å²) in [4.78, 5) is 13.2. The van der Waals surface area contributed by atoms with Crippen LogP contribution in [0.15, 0.2) is 23.1 Å². The van der Waals surface area contributed by atoms with Crippen LogP contribution >= 0.6 is 0 Å². The molecule has 0 atom stereocenters. The van der Waals surface area contributed by atoms with Gasteiger partial charge in [-0.15, -0.1) is 0 Å². The molecule has 0 bridgehead atoms. The van der Waals surface area contributed by atoms with Gasteiger partial charge in [0.1, 0.15) is 10.6 Å². The second-order valence-corrected chi connectivity index (χ2v) is 9.19. The van der Waals surface area contributed by atoms with Gasteiger partial charge in [0, 0.05) is 25.2 Å². The first-order valence-corrected chi connectivity index (χ1v) is 10.7. The number of rotatable bonds is 8. The number of nitrogens with one attached hydrogen (secondary N) is 2. The molecule has 140 valence electrons. The van der Waals surface area contributed by atoms with Crippen molar-refractivity contribution < 1.29 is 26.4 Å². The number of benzene rings is 1.